The highest BCUT2D eigenvalue weighted by Gasteiger charge is 2.27. The van der Waals surface area contributed by atoms with Gasteiger partial charge in [0.2, 0.25) is 0 Å². The van der Waals surface area contributed by atoms with Gasteiger partial charge in [0.25, 0.3) is 0 Å². The second-order valence-corrected chi connectivity index (χ2v) is 4.68. The minimum atomic E-state index is -0.340. The summed E-state index contributed by atoms with van der Waals surface area (Å²) >= 11 is 0. The molecule has 0 saturated heterocycles. The molecule has 1 unspecified atom stereocenters. The van der Waals surface area contributed by atoms with Gasteiger partial charge in [0.15, 0.2) is 0 Å². The first-order valence-electron chi connectivity index (χ1n) is 6.03. The van der Waals surface area contributed by atoms with E-state index in [-0.39, 0.29) is 5.97 Å². The summed E-state index contributed by atoms with van der Waals surface area (Å²) in [6.07, 6.45) is 2.64. The monoisotopic (exact) mass is 237 g/mol. The number of methoxy groups -OCH3 is 1. The van der Waals surface area contributed by atoms with E-state index >= 15 is 0 Å². The van der Waals surface area contributed by atoms with Crippen LogP contribution < -0.4 is 5.32 Å². The number of esters is 1. The van der Waals surface area contributed by atoms with Crippen LogP contribution in [-0.4, -0.2) is 19.1 Å². The molecule has 0 bridgehead atoms. The zero-order valence-electron chi connectivity index (χ0n) is 10.6. The van der Waals surface area contributed by atoms with Gasteiger partial charge in [0.1, 0.15) is 17.1 Å². The Bertz CT molecular complexity index is 407. The van der Waals surface area contributed by atoms with Gasteiger partial charge in [-0.1, -0.05) is 0 Å². The van der Waals surface area contributed by atoms with Crippen LogP contribution in [0.1, 0.15) is 41.6 Å². The Kier molecular flexibility index (Phi) is 3.52. The SMILES string of the molecule is COC(=O)c1cc(CNC(C)C2CC2)oc1C. The molecule has 0 aromatic carbocycles. The molecule has 2 rings (SSSR count). The number of furan rings is 1. The largest absolute Gasteiger partial charge is 0.465 e. The van der Waals surface area contributed by atoms with Crippen molar-refractivity contribution < 1.29 is 13.9 Å². The van der Waals surface area contributed by atoms with Crippen molar-refractivity contribution in [3.63, 3.8) is 0 Å². The van der Waals surface area contributed by atoms with Gasteiger partial charge in [-0.15, -0.1) is 0 Å². The summed E-state index contributed by atoms with van der Waals surface area (Å²) in [4.78, 5) is 11.4. The lowest BCUT2D eigenvalue weighted by Crippen LogP contribution is -2.27. The van der Waals surface area contributed by atoms with E-state index in [1.807, 2.05) is 0 Å². The molecule has 1 fully saturated rings. The lowest BCUT2D eigenvalue weighted by molar-refractivity contribution is 0.0599. The number of carbonyl (C=O) groups excluding carboxylic acids is 1. The fraction of sp³-hybridized carbons (Fsp3) is 0.615. The maximum absolute atomic E-state index is 11.4. The van der Waals surface area contributed by atoms with Crippen molar-refractivity contribution in [2.75, 3.05) is 7.11 Å². The molecule has 4 heteroatoms. The Balaban J connectivity index is 1.94. The highest BCUT2D eigenvalue weighted by molar-refractivity contribution is 5.90. The zero-order chi connectivity index (χ0) is 12.4. The number of nitrogens with one attached hydrogen (secondary N) is 1. The number of hydrogen-bond acceptors (Lipinski definition) is 4. The Labute approximate surface area is 101 Å². The summed E-state index contributed by atoms with van der Waals surface area (Å²) in [5.41, 5.74) is 0.517. The molecule has 0 amide bonds. The van der Waals surface area contributed by atoms with E-state index in [9.17, 15) is 4.79 Å². The summed E-state index contributed by atoms with van der Waals surface area (Å²) < 4.78 is 10.2. The number of rotatable bonds is 5. The topological polar surface area (TPSA) is 51.5 Å². The molecule has 94 valence electrons. The zero-order valence-corrected chi connectivity index (χ0v) is 10.6. The second kappa shape index (κ2) is 4.92. The molecule has 1 N–H and O–H groups in total. The van der Waals surface area contributed by atoms with Gasteiger partial charge in [0.05, 0.1) is 13.7 Å². The number of aryl methyl sites for hydroxylation is 1. The summed E-state index contributed by atoms with van der Waals surface area (Å²) in [6.45, 7) is 4.63. The Hall–Kier alpha value is -1.29. The van der Waals surface area contributed by atoms with Crippen LogP contribution in [-0.2, 0) is 11.3 Å². The molecule has 1 aromatic rings. The van der Waals surface area contributed by atoms with Crippen molar-refractivity contribution in [2.24, 2.45) is 5.92 Å². The third-order valence-corrected chi connectivity index (χ3v) is 3.30. The molecule has 1 saturated carbocycles. The van der Waals surface area contributed by atoms with Gasteiger partial charge in [-0.3, -0.25) is 0 Å². The van der Waals surface area contributed by atoms with Crippen LogP contribution in [0.3, 0.4) is 0 Å². The van der Waals surface area contributed by atoms with Gasteiger partial charge in [-0.25, -0.2) is 4.79 Å². The van der Waals surface area contributed by atoms with Gasteiger partial charge >= 0.3 is 5.97 Å². The average molecular weight is 237 g/mol. The lowest BCUT2D eigenvalue weighted by Gasteiger charge is -2.10. The molecule has 0 spiro atoms. The normalized spacial score (nSPS) is 16.9. The molecule has 0 radical (unpaired) electrons. The maximum Gasteiger partial charge on any atom is 0.341 e. The van der Waals surface area contributed by atoms with Crippen molar-refractivity contribution in [3.8, 4) is 0 Å². The van der Waals surface area contributed by atoms with E-state index in [0.717, 1.165) is 11.7 Å². The van der Waals surface area contributed by atoms with Gasteiger partial charge in [0, 0.05) is 6.04 Å². The van der Waals surface area contributed by atoms with Crippen LogP contribution in [0.4, 0.5) is 0 Å². The first kappa shape index (κ1) is 12.2. The number of ether oxygens (including phenoxy) is 1. The minimum Gasteiger partial charge on any atom is -0.465 e. The van der Waals surface area contributed by atoms with Crippen LogP contribution in [0.15, 0.2) is 10.5 Å². The van der Waals surface area contributed by atoms with Gasteiger partial charge in [-0.2, -0.15) is 0 Å². The maximum atomic E-state index is 11.4. The minimum absolute atomic E-state index is 0.340. The molecular weight excluding hydrogens is 218 g/mol. The van der Waals surface area contributed by atoms with Crippen LogP contribution in [0.5, 0.6) is 0 Å². The Morgan fingerprint density at radius 3 is 2.94 bits per heavy atom. The molecule has 1 atom stereocenters. The highest BCUT2D eigenvalue weighted by Crippen LogP contribution is 2.32. The van der Waals surface area contributed by atoms with Crippen LogP contribution in [0, 0.1) is 12.8 Å². The van der Waals surface area contributed by atoms with E-state index in [0.29, 0.717) is 23.9 Å². The third kappa shape index (κ3) is 2.88. The van der Waals surface area contributed by atoms with E-state index in [2.05, 4.69) is 17.0 Å². The molecular formula is C13H19NO3. The van der Waals surface area contributed by atoms with Gasteiger partial charge < -0.3 is 14.5 Å². The smallest absolute Gasteiger partial charge is 0.341 e. The van der Waals surface area contributed by atoms with E-state index in [1.165, 1.54) is 20.0 Å². The molecule has 1 heterocycles. The molecule has 17 heavy (non-hydrogen) atoms. The highest BCUT2D eigenvalue weighted by atomic mass is 16.5. The quantitative estimate of drug-likeness (QED) is 0.798. The van der Waals surface area contributed by atoms with E-state index in [1.54, 1.807) is 13.0 Å². The third-order valence-electron chi connectivity index (χ3n) is 3.30. The number of carbonyl (C=O) groups is 1. The fourth-order valence-corrected chi connectivity index (χ4v) is 1.97. The molecule has 1 aliphatic carbocycles. The lowest BCUT2D eigenvalue weighted by atomic mass is 10.2. The van der Waals surface area contributed by atoms with Crippen molar-refractivity contribution >= 4 is 5.97 Å². The van der Waals surface area contributed by atoms with Gasteiger partial charge in [-0.05, 0) is 38.7 Å². The Morgan fingerprint density at radius 1 is 1.65 bits per heavy atom. The van der Waals surface area contributed by atoms with Crippen molar-refractivity contribution in [3.05, 3.63) is 23.2 Å². The molecule has 1 aliphatic rings. The first-order chi connectivity index (χ1) is 8.11. The summed E-state index contributed by atoms with van der Waals surface area (Å²) in [5, 5.41) is 3.41. The van der Waals surface area contributed by atoms with Crippen molar-refractivity contribution in [1.82, 2.24) is 5.32 Å². The number of hydrogen-bond donors (Lipinski definition) is 1. The summed E-state index contributed by atoms with van der Waals surface area (Å²) in [6, 6.07) is 2.27. The standard InChI is InChI=1S/C13H19NO3/c1-8(10-4-5-10)14-7-11-6-12(9(2)17-11)13(15)16-3/h6,8,10,14H,4-5,7H2,1-3H3. The predicted molar refractivity (Wildman–Crippen MR) is 63.8 cm³/mol. The fourth-order valence-electron chi connectivity index (χ4n) is 1.97. The molecule has 4 nitrogen and oxygen atoms in total. The van der Waals surface area contributed by atoms with Crippen LogP contribution >= 0.6 is 0 Å². The van der Waals surface area contributed by atoms with Crippen molar-refractivity contribution in [2.45, 2.75) is 39.3 Å². The van der Waals surface area contributed by atoms with E-state index < -0.39 is 0 Å². The molecule has 0 aliphatic heterocycles. The second-order valence-electron chi connectivity index (χ2n) is 4.68. The summed E-state index contributed by atoms with van der Waals surface area (Å²) in [5.74, 6) is 1.88. The Morgan fingerprint density at radius 2 is 2.35 bits per heavy atom. The summed E-state index contributed by atoms with van der Waals surface area (Å²) in [7, 11) is 1.38. The predicted octanol–water partition coefficient (Wildman–Crippen LogP) is 2.26. The molecule has 1 aromatic heterocycles. The first-order valence-corrected chi connectivity index (χ1v) is 6.03. The van der Waals surface area contributed by atoms with E-state index in [4.69, 9.17) is 4.42 Å². The van der Waals surface area contributed by atoms with Crippen LogP contribution in [0.25, 0.3) is 0 Å². The van der Waals surface area contributed by atoms with Crippen LogP contribution in [0.2, 0.25) is 0 Å². The average Bonchev–Trinajstić information content (AvgIpc) is 3.09. The van der Waals surface area contributed by atoms with Crippen molar-refractivity contribution in [1.29, 1.82) is 0 Å².